The van der Waals surface area contributed by atoms with E-state index in [1.165, 1.54) is 14.0 Å². The molecule has 0 aliphatic carbocycles. The molecule has 0 saturated carbocycles. The van der Waals surface area contributed by atoms with Crippen molar-refractivity contribution in [1.29, 1.82) is 0 Å². The van der Waals surface area contributed by atoms with Crippen LogP contribution >= 0.6 is 11.3 Å². The number of hydrogen-bond acceptors (Lipinski definition) is 7. The first-order chi connectivity index (χ1) is 16.8. The Morgan fingerprint density at radius 1 is 1.19 bits per heavy atom. The average Bonchev–Trinajstić information content (AvgIpc) is 3.30. The topological polar surface area (TPSA) is 146 Å². The molecule has 36 heavy (non-hydrogen) atoms. The lowest BCUT2D eigenvalue weighted by Gasteiger charge is -2.12. The number of carbonyl (C=O) groups excluding carboxylic acids is 2. The Bertz CT molecular complexity index is 1560. The van der Waals surface area contributed by atoms with Gasteiger partial charge in [-0.1, -0.05) is 29.8 Å². The number of primary amides is 1. The minimum absolute atomic E-state index is 0.0364. The number of thiophene rings is 1. The van der Waals surface area contributed by atoms with Gasteiger partial charge in [0.1, 0.15) is 21.1 Å². The summed E-state index contributed by atoms with van der Waals surface area (Å²) < 4.78 is 42.1. The Morgan fingerprint density at radius 3 is 2.39 bits per heavy atom. The zero-order chi connectivity index (χ0) is 26.5. The highest BCUT2D eigenvalue weighted by molar-refractivity contribution is 7.21. The van der Waals surface area contributed by atoms with Crippen molar-refractivity contribution in [2.24, 2.45) is 12.8 Å². The van der Waals surface area contributed by atoms with E-state index in [4.69, 9.17) is 5.73 Å². The third kappa shape index (κ3) is 4.26. The number of nitrogens with zero attached hydrogens (tertiary/aromatic N) is 4. The van der Waals surface area contributed by atoms with Crippen LogP contribution in [0.3, 0.4) is 0 Å². The summed E-state index contributed by atoms with van der Waals surface area (Å²) in [6.07, 6.45) is -4.79. The predicted molar refractivity (Wildman–Crippen MR) is 126 cm³/mol. The summed E-state index contributed by atoms with van der Waals surface area (Å²) >= 11 is 0.570. The van der Waals surface area contributed by atoms with Gasteiger partial charge in [0.2, 0.25) is 5.69 Å². The van der Waals surface area contributed by atoms with Gasteiger partial charge >= 0.3 is 11.9 Å². The maximum atomic E-state index is 13.6. The van der Waals surface area contributed by atoms with E-state index in [9.17, 15) is 32.9 Å². The van der Waals surface area contributed by atoms with Crippen LogP contribution in [0.4, 0.5) is 24.5 Å². The number of hydrogen-bond donors (Lipinski definition) is 2. The number of nitrogens with one attached hydrogen (secondary N) is 1. The van der Waals surface area contributed by atoms with Gasteiger partial charge in [0.05, 0.1) is 10.6 Å². The van der Waals surface area contributed by atoms with Crippen molar-refractivity contribution < 1.29 is 27.7 Å². The molecule has 3 N–H and O–H groups in total. The van der Waals surface area contributed by atoms with Gasteiger partial charge in [-0.05, 0) is 31.0 Å². The van der Waals surface area contributed by atoms with Crippen LogP contribution in [0.2, 0.25) is 0 Å². The number of amides is 2. The maximum absolute atomic E-state index is 13.6. The molecule has 186 valence electrons. The van der Waals surface area contributed by atoms with E-state index < -0.39 is 40.0 Å². The highest BCUT2D eigenvalue weighted by Crippen LogP contribution is 2.44. The zero-order valence-electron chi connectivity index (χ0n) is 18.9. The third-order valence-electron chi connectivity index (χ3n) is 5.48. The van der Waals surface area contributed by atoms with Crippen LogP contribution in [0.25, 0.3) is 21.3 Å². The van der Waals surface area contributed by atoms with Gasteiger partial charge in [-0.25, -0.2) is 4.98 Å². The fraction of sp³-hybridized carbons (Fsp3) is 0.182. The Morgan fingerprint density at radius 2 is 1.83 bits per heavy atom. The van der Waals surface area contributed by atoms with Gasteiger partial charge in [0.15, 0.2) is 0 Å². The quantitative estimate of drug-likeness (QED) is 0.292. The number of nitro groups is 1. The number of halogens is 3. The summed E-state index contributed by atoms with van der Waals surface area (Å²) in [5, 5.41) is 17.9. The minimum atomic E-state index is -4.79. The SMILES string of the molecule is Cc1ccc(-c2cc(C(F)(F)F)nc3sc(C(N)=O)c(NC(=O)c4nn(C)c(C)c4[N+](=O)[O-])c23)cc1. The summed E-state index contributed by atoms with van der Waals surface area (Å²) in [7, 11) is 1.41. The van der Waals surface area contributed by atoms with Crippen molar-refractivity contribution in [2.45, 2.75) is 20.0 Å². The molecule has 3 heterocycles. The molecule has 0 atom stereocenters. The van der Waals surface area contributed by atoms with E-state index in [-0.39, 0.29) is 32.0 Å². The summed E-state index contributed by atoms with van der Waals surface area (Å²) in [6.45, 7) is 3.20. The number of pyridine rings is 1. The second kappa shape index (κ2) is 8.71. The lowest BCUT2D eigenvalue weighted by molar-refractivity contribution is -0.385. The Balaban J connectivity index is 1.99. The van der Waals surface area contributed by atoms with E-state index in [1.807, 2.05) is 0 Å². The van der Waals surface area contributed by atoms with E-state index >= 15 is 0 Å². The monoisotopic (exact) mass is 518 g/mol. The van der Waals surface area contributed by atoms with Gasteiger partial charge in [-0.2, -0.15) is 18.3 Å². The summed E-state index contributed by atoms with van der Waals surface area (Å²) in [5.41, 5.74) is 4.35. The summed E-state index contributed by atoms with van der Waals surface area (Å²) in [6, 6.07) is 7.37. The van der Waals surface area contributed by atoms with Crippen LogP contribution in [-0.2, 0) is 13.2 Å². The Labute approximate surface area is 204 Å². The average molecular weight is 518 g/mol. The first-order valence-electron chi connectivity index (χ1n) is 10.2. The molecule has 0 radical (unpaired) electrons. The first-order valence-corrected chi connectivity index (χ1v) is 11.0. The normalized spacial score (nSPS) is 11.6. The molecule has 4 aromatic rings. The van der Waals surface area contributed by atoms with Gasteiger partial charge < -0.3 is 11.1 Å². The van der Waals surface area contributed by atoms with Crippen molar-refractivity contribution in [3.05, 3.63) is 68.0 Å². The smallest absolute Gasteiger partial charge is 0.365 e. The molecule has 0 aliphatic heterocycles. The van der Waals surface area contributed by atoms with Crippen molar-refractivity contribution in [2.75, 3.05) is 5.32 Å². The Hall–Kier alpha value is -4.33. The molecule has 0 spiro atoms. The van der Waals surface area contributed by atoms with Gasteiger partial charge in [-0.3, -0.25) is 24.4 Å². The molecule has 2 amide bonds. The number of nitrogens with two attached hydrogens (primary N) is 1. The van der Waals surface area contributed by atoms with Crippen molar-refractivity contribution in [3.63, 3.8) is 0 Å². The van der Waals surface area contributed by atoms with Crippen LogP contribution in [0, 0.1) is 24.0 Å². The lowest BCUT2D eigenvalue weighted by Crippen LogP contribution is -2.18. The number of anilines is 1. The minimum Gasteiger partial charge on any atom is -0.365 e. The molecule has 0 bridgehead atoms. The molecule has 4 rings (SSSR count). The largest absolute Gasteiger partial charge is 0.433 e. The van der Waals surface area contributed by atoms with Crippen LogP contribution in [0.1, 0.15) is 37.1 Å². The third-order valence-corrected chi connectivity index (χ3v) is 6.58. The number of fused-ring (bicyclic) bond motifs is 1. The highest BCUT2D eigenvalue weighted by Gasteiger charge is 2.36. The van der Waals surface area contributed by atoms with Crippen LogP contribution in [-0.4, -0.2) is 31.5 Å². The molecule has 10 nitrogen and oxygen atoms in total. The molecule has 1 aromatic carbocycles. The standard InChI is InChI=1S/C22H17F3N6O4S/c1-9-4-6-11(7-5-9)12-8-13(22(23,24)25)27-21-14(12)15(18(36-21)19(26)32)28-20(33)16-17(31(34)35)10(2)30(3)29-16/h4-8H,1-3H3,(H2,26,32)(H,28,33). The second-order valence-electron chi connectivity index (χ2n) is 7.89. The van der Waals surface area contributed by atoms with Crippen LogP contribution in [0.5, 0.6) is 0 Å². The van der Waals surface area contributed by atoms with Crippen LogP contribution in [0.15, 0.2) is 30.3 Å². The number of carbonyl (C=O) groups is 2. The van der Waals surface area contributed by atoms with Gasteiger partial charge in [0.25, 0.3) is 11.8 Å². The number of rotatable bonds is 5. The summed E-state index contributed by atoms with van der Waals surface area (Å²) in [5.74, 6) is -2.06. The molecule has 0 aliphatic rings. The molecular weight excluding hydrogens is 501 g/mol. The number of aromatic nitrogens is 3. The van der Waals surface area contributed by atoms with Crippen molar-refractivity contribution in [1.82, 2.24) is 14.8 Å². The zero-order valence-corrected chi connectivity index (χ0v) is 19.7. The highest BCUT2D eigenvalue weighted by atomic mass is 32.1. The molecule has 0 fully saturated rings. The van der Waals surface area contributed by atoms with E-state index in [1.54, 1.807) is 31.2 Å². The molecule has 14 heteroatoms. The van der Waals surface area contributed by atoms with Gasteiger partial charge in [-0.15, -0.1) is 11.3 Å². The number of aryl methyl sites for hydroxylation is 2. The number of benzene rings is 1. The first kappa shape index (κ1) is 24.8. The van der Waals surface area contributed by atoms with Crippen molar-refractivity contribution >= 4 is 44.7 Å². The van der Waals surface area contributed by atoms with E-state index in [2.05, 4.69) is 15.4 Å². The van der Waals surface area contributed by atoms with Gasteiger partial charge in [0, 0.05) is 12.4 Å². The molecule has 3 aromatic heterocycles. The maximum Gasteiger partial charge on any atom is 0.433 e. The van der Waals surface area contributed by atoms with E-state index in [0.717, 1.165) is 16.3 Å². The molecular formula is C22H17F3N6O4S. The molecule has 0 unspecified atom stereocenters. The van der Waals surface area contributed by atoms with Crippen molar-refractivity contribution in [3.8, 4) is 11.1 Å². The molecule has 0 saturated heterocycles. The van der Waals surface area contributed by atoms with Crippen LogP contribution < -0.4 is 11.1 Å². The van der Waals surface area contributed by atoms with E-state index in [0.29, 0.717) is 16.9 Å². The second-order valence-corrected chi connectivity index (χ2v) is 8.89. The fourth-order valence-electron chi connectivity index (χ4n) is 3.64. The Kier molecular flexibility index (Phi) is 6.00. The number of alkyl halides is 3. The predicted octanol–water partition coefficient (Wildman–Crippen LogP) is 4.59. The summed E-state index contributed by atoms with van der Waals surface area (Å²) in [4.78, 5) is 39.3. The lowest BCUT2D eigenvalue weighted by atomic mass is 10.00. The fourth-order valence-corrected chi connectivity index (χ4v) is 4.65.